The lowest BCUT2D eigenvalue weighted by Crippen LogP contribution is -2.46. The number of carbonyl (C=O) groups is 1. The van der Waals surface area contributed by atoms with E-state index in [0.717, 1.165) is 64.3 Å². The fourth-order valence-electron chi connectivity index (χ4n) is 4.75. The molecule has 4 aromatic rings. The standard InChI is InChI=1S/C21H24N6O.C6H4/c1-12-6-14(7-13(2)22-12)20-17-8-15-10-27(16-4-5-26(3)11-16)21(28)23-18(15)9-19(17)24-25-20;1-2-4-6-5-3-1/h6-9,16H,4-5,10-11H2,1-3H3,(H,23,28)(H,24,25);1-4H. The molecule has 2 aromatic heterocycles. The zero-order chi connectivity index (χ0) is 23.7. The van der Waals surface area contributed by atoms with E-state index in [1.807, 2.05) is 49.1 Å². The van der Waals surface area contributed by atoms with Crippen LogP contribution in [-0.4, -0.2) is 57.2 Å². The Morgan fingerprint density at radius 3 is 2.41 bits per heavy atom. The van der Waals surface area contributed by atoms with E-state index >= 15 is 0 Å². The second-order valence-electron chi connectivity index (χ2n) is 9.04. The number of nitrogens with one attached hydrogen (secondary N) is 2. The molecule has 2 aliphatic heterocycles. The molecule has 0 spiro atoms. The normalized spacial score (nSPS) is 17.6. The summed E-state index contributed by atoms with van der Waals surface area (Å²) in [4.78, 5) is 21.4. The summed E-state index contributed by atoms with van der Waals surface area (Å²) in [5, 5.41) is 11.8. The third kappa shape index (κ3) is 4.45. The molecule has 1 unspecified atom stereocenters. The van der Waals surface area contributed by atoms with E-state index < -0.39 is 0 Å². The topological polar surface area (TPSA) is 77.2 Å². The van der Waals surface area contributed by atoms with Gasteiger partial charge in [0.1, 0.15) is 5.69 Å². The molecule has 1 fully saturated rings. The molecule has 0 radical (unpaired) electrons. The maximum atomic E-state index is 12.7. The van der Waals surface area contributed by atoms with Crippen molar-refractivity contribution in [1.82, 2.24) is 25.0 Å². The van der Waals surface area contributed by atoms with Gasteiger partial charge in [-0.1, -0.05) is 24.3 Å². The van der Waals surface area contributed by atoms with Gasteiger partial charge in [-0.2, -0.15) is 5.10 Å². The monoisotopic (exact) mass is 452 g/mol. The number of carbonyl (C=O) groups excluding carboxylic acids is 1. The summed E-state index contributed by atoms with van der Waals surface area (Å²) < 4.78 is 0. The molecule has 4 heterocycles. The van der Waals surface area contributed by atoms with Crippen LogP contribution in [0.2, 0.25) is 0 Å². The Bertz CT molecular complexity index is 1270. The number of likely N-dealkylation sites (tertiary alicyclic amines) is 1. The molecule has 1 saturated heterocycles. The van der Waals surface area contributed by atoms with Crippen LogP contribution in [0.4, 0.5) is 10.5 Å². The van der Waals surface area contributed by atoms with E-state index in [1.54, 1.807) is 0 Å². The number of H-pyrrole nitrogens is 1. The van der Waals surface area contributed by atoms with Crippen LogP contribution in [0.25, 0.3) is 22.2 Å². The summed E-state index contributed by atoms with van der Waals surface area (Å²) >= 11 is 0. The lowest BCUT2D eigenvalue weighted by molar-refractivity contribution is 0.182. The number of nitrogens with zero attached hydrogens (tertiary/aromatic N) is 4. The maximum absolute atomic E-state index is 12.7. The van der Waals surface area contributed by atoms with E-state index in [1.165, 1.54) is 0 Å². The lowest BCUT2D eigenvalue weighted by atomic mass is 10.0. The SMILES string of the molecule is Cc1cc(-c2n[nH]c3cc4c(cc23)CN(C2CCN(C)C2)C(=O)N4)cc(C)n1.c1ccccc#1. The highest BCUT2D eigenvalue weighted by Gasteiger charge is 2.33. The molecule has 0 saturated carbocycles. The summed E-state index contributed by atoms with van der Waals surface area (Å²) in [7, 11) is 2.11. The van der Waals surface area contributed by atoms with Crippen molar-refractivity contribution in [3.05, 3.63) is 77.6 Å². The van der Waals surface area contributed by atoms with Crippen LogP contribution in [0.15, 0.2) is 48.5 Å². The number of urea groups is 1. The van der Waals surface area contributed by atoms with Crippen LogP contribution in [0, 0.1) is 26.0 Å². The first-order valence-electron chi connectivity index (χ1n) is 11.5. The molecule has 2 N–H and O–H groups in total. The number of aromatic nitrogens is 3. The van der Waals surface area contributed by atoms with Gasteiger partial charge in [0.25, 0.3) is 0 Å². The van der Waals surface area contributed by atoms with Gasteiger partial charge >= 0.3 is 6.03 Å². The summed E-state index contributed by atoms with van der Waals surface area (Å²) in [5.74, 6) is 0. The van der Waals surface area contributed by atoms with Crippen molar-refractivity contribution in [2.75, 3.05) is 25.5 Å². The fourth-order valence-corrected chi connectivity index (χ4v) is 4.75. The minimum absolute atomic E-state index is 0.00716. The minimum Gasteiger partial charge on any atom is -0.316 e. The number of anilines is 1. The van der Waals surface area contributed by atoms with Gasteiger partial charge < -0.3 is 15.1 Å². The third-order valence-corrected chi connectivity index (χ3v) is 6.35. The van der Waals surface area contributed by atoms with Gasteiger partial charge in [-0.25, -0.2) is 4.79 Å². The molecule has 2 aromatic carbocycles. The first kappa shape index (κ1) is 21.9. The summed E-state index contributed by atoms with van der Waals surface area (Å²) in [5.41, 5.74) is 6.88. The third-order valence-electron chi connectivity index (χ3n) is 6.35. The quantitative estimate of drug-likeness (QED) is 0.467. The molecule has 6 rings (SSSR count). The second-order valence-corrected chi connectivity index (χ2v) is 9.04. The molecule has 1 atom stereocenters. The smallest absolute Gasteiger partial charge is 0.316 e. The van der Waals surface area contributed by atoms with Crippen molar-refractivity contribution >= 4 is 22.6 Å². The molecular weight excluding hydrogens is 424 g/mol. The molecule has 172 valence electrons. The number of aromatic amines is 1. The van der Waals surface area contributed by atoms with Crippen molar-refractivity contribution < 1.29 is 4.79 Å². The van der Waals surface area contributed by atoms with Crippen molar-refractivity contribution in [1.29, 1.82) is 0 Å². The first-order valence-corrected chi connectivity index (χ1v) is 11.5. The number of pyridine rings is 1. The Hall–Kier alpha value is -3.89. The predicted molar refractivity (Wildman–Crippen MR) is 133 cm³/mol. The van der Waals surface area contributed by atoms with Gasteiger partial charge in [0.15, 0.2) is 0 Å². The molecule has 7 nitrogen and oxygen atoms in total. The van der Waals surface area contributed by atoms with Gasteiger partial charge in [-0.3, -0.25) is 10.1 Å². The van der Waals surface area contributed by atoms with Crippen LogP contribution in [0.3, 0.4) is 0 Å². The molecule has 2 aliphatic rings. The largest absolute Gasteiger partial charge is 0.322 e. The number of aryl methyl sites for hydroxylation is 2. The van der Waals surface area contributed by atoms with E-state index in [-0.39, 0.29) is 12.1 Å². The zero-order valence-corrected chi connectivity index (χ0v) is 19.7. The lowest BCUT2D eigenvalue weighted by Gasteiger charge is -2.34. The van der Waals surface area contributed by atoms with E-state index in [0.29, 0.717) is 6.54 Å². The second kappa shape index (κ2) is 9.16. The summed E-state index contributed by atoms with van der Waals surface area (Å²) in [6.07, 6.45) is 1.02. The van der Waals surface area contributed by atoms with Crippen LogP contribution in [0.5, 0.6) is 0 Å². The predicted octanol–water partition coefficient (Wildman–Crippen LogP) is 4.58. The van der Waals surface area contributed by atoms with Gasteiger partial charge in [-0.05, 0) is 75.8 Å². The first-order chi connectivity index (χ1) is 16.5. The number of fused-ring (bicyclic) bond motifs is 2. The van der Waals surface area contributed by atoms with Gasteiger partial charge in [-0.15, -0.1) is 0 Å². The van der Waals surface area contributed by atoms with Crippen LogP contribution in [0.1, 0.15) is 23.4 Å². The average Bonchev–Trinajstić information content (AvgIpc) is 3.44. The number of rotatable bonds is 2. The van der Waals surface area contributed by atoms with E-state index in [9.17, 15) is 4.79 Å². The highest BCUT2D eigenvalue weighted by molar-refractivity contribution is 6.00. The number of benzene rings is 1. The van der Waals surface area contributed by atoms with Crippen LogP contribution in [-0.2, 0) is 6.54 Å². The maximum Gasteiger partial charge on any atom is 0.322 e. The van der Waals surface area contributed by atoms with Crippen molar-refractivity contribution in [3.8, 4) is 11.3 Å². The fraction of sp³-hybridized carbons (Fsp3) is 0.296. The van der Waals surface area contributed by atoms with Gasteiger partial charge in [0, 0.05) is 47.2 Å². The van der Waals surface area contributed by atoms with Gasteiger partial charge in [0.05, 0.1) is 5.52 Å². The zero-order valence-electron chi connectivity index (χ0n) is 19.7. The van der Waals surface area contributed by atoms with E-state index in [4.69, 9.17) is 0 Å². The van der Waals surface area contributed by atoms with Gasteiger partial charge in [0.2, 0.25) is 0 Å². The highest BCUT2D eigenvalue weighted by atomic mass is 16.2. The van der Waals surface area contributed by atoms with Crippen LogP contribution < -0.4 is 5.32 Å². The molecule has 34 heavy (non-hydrogen) atoms. The Morgan fingerprint density at radius 1 is 1.06 bits per heavy atom. The number of hydrogen-bond donors (Lipinski definition) is 2. The molecule has 0 bridgehead atoms. The Labute approximate surface area is 199 Å². The number of hydrogen-bond acceptors (Lipinski definition) is 4. The molecule has 7 heteroatoms. The molecule has 2 amide bonds. The number of amides is 2. The van der Waals surface area contributed by atoms with Crippen molar-refractivity contribution in [3.63, 3.8) is 0 Å². The molecule has 0 aliphatic carbocycles. The Morgan fingerprint density at radius 2 is 1.79 bits per heavy atom. The van der Waals surface area contributed by atoms with E-state index in [2.05, 4.69) is 62.8 Å². The average molecular weight is 453 g/mol. The highest BCUT2D eigenvalue weighted by Crippen LogP contribution is 2.34. The number of likely N-dealkylation sites (N-methyl/N-ethyl adjacent to an activating group) is 1. The summed E-state index contributed by atoms with van der Waals surface area (Å²) in [6.45, 7) is 6.59. The molecular formula is C27H28N6O. The van der Waals surface area contributed by atoms with Crippen molar-refractivity contribution in [2.45, 2.75) is 32.9 Å². The van der Waals surface area contributed by atoms with Crippen molar-refractivity contribution in [2.24, 2.45) is 0 Å². The Kier molecular flexibility index (Phi) is 5.91. The Balaban J connectivity index is 0.000000351. The minimum atomic E-state index is -0.00716. The van der Waals surface area contributed by atoms with Crippen LogP contribution >= 0.6 is 0 Å². The summed E-state index contributed by atoms with van der Waals surface area (Å²) in [6, 6.07) is 21.5.